The maximum Gasteiger partial charge on any atom is 0.328 e. The first-order valence-corrected chi connectivity index (χ1v) is 24.0. The second-order valence-corrected chi connectivity index (χ2v) is 20.4. The van der Waals surface area contributed by atoms with Crippen molar-refractivity contribution < 1.29 is 23.5 Å². The summed E-state index contributed by atoms with van der Waals surface area (Å²) in [4.78, 5) is 40.0. The fourth-order valence-electron chi connectivity index (χ4n) is 12.4. The summed E-state index contributed by atoms with van der Waals surface area (Å²) in [5.41, 5.74) is 11.9. The van der Waals surface area contributed by atoms with Crippen molar-refractivity contribution in [2.75, 3.05) is 77.7 Å². The first-order valence-electron chi connectivity index (χ1n) is 24.0. The number of nitrogen functional groups attached to an aromatic ring is 1. The summed E-state index contributed by atoms with van der Waals surface area (Å²) in [6.45, 7) is 4.94. The van der Waals surface area contributed by atoms with Crippen LogP contribution in [0.5, 0.6) is 5.75 Å². The number of carbonyl (C=O) groups is 2. The molecule has 14 nitrogen and oxygen atoms in total. The molecule has 2 atom stereocenters. The lowest BCUT2D eigenvalue weighted by atomic mass is 9.60. The number of nitrogens with two attached hydrogens (primary N) is 1. The van der Waals surface area contributed by atoms with Crippen LogP contribution < -0.4 is 30.7 Å². The highest BCUT2D eigenvalue weighted by atomic mass is 19.1. The molecule has 5 aliphatic heterocycles. The maximum absolute atomic E-state index is 16.7. The highest BCUT2D eigenvalue weighted by Gasteiger charge is 2.49. The number of nitrogens with zero attached hydrogens (tertiary/aromatic N) is 9. The lowest BCUT2D eigenvalue weighted by molar-refractivity contribution is -0.120. The summed E-state index contributed by atoms with van der Waals surface area (Å²) in [6.07, 6.45) is 13.7. The third-order valence-electron chi connectivity index (χ3n) is 16.3. The van der Waals surface area contributed by atoms with E-state index < -0.39 is 11.7 Å². The monoisotopic (exact) mass is 897 g/mol. The molecule has 16 heteroatoms. The van der Waals surface area contributed by atoms with Crippen molar-refractivity contribution in [3.05, 3.63) is 78.4 Å². The predicted molar refractivity (Wildman–Crippen MR) is 250 cm³/mol. The van der Waals surface area contributed by atoms with E-state index in [4.69, 9.17) is 10.7 Å². The molecule has 2 aliphatic carbocycles. The number of carbonyl (C=O) groups excluding carboxylic acids is 2. The summed E-state index contributed by atoms with van der Waals surface area (Å²) >= 11 is 0. The van der Waals surface area contributed by atoms with Crippen molar-refractivity contribution in [1.82, 2.24) is 30.0 Å². The minimum absolute atomic E-state index is 0.138. The van der Waals surface area contributed by atoms with Crippen molar-refractivity contribution in [3.63, 3.8) is 0 Å². The van der Waals surface area contributed by atoms with Crippen molar-refractivity contribution in [2.45, 2.75) is 100 Å². The van der Waals surface area contributed by atoms with Crippen LogP contribution in [0.2, 0.25) is 0 Å². The topological polar surface area (TPSA) is 152 Å². The Labute approximate surface area is 382 Å². The summed E-state index contributed by atoms with van der Waals surface area (Å²) in [6, 6.07) is 16.9. The number of benzene rings is 2. The van der Waals surface area contributed by atoms with E-state index in [-0.39, 0.29) is 41.4 Å². The molecular weight excluding hydrogens is 841 g/mol. The average molecular weight is 898 g/mol. The highest BCUT2D eigenvalue weighted by Crippen LogP contribution is 2.56. The first kappa shape index (κ1) is 41.4. The molecule has 2 saturated carbocycles. The number of piperazine rings is 1. The van der Waals surface area contributed by atoms with Gasteiger partial charge in [-0.25, -0.2) is 18.6 Å². The molecule has 2 unspecified atom stereocenters. The van der Waals surface area contributed by atoms with Crippen LogP contribution in [0.15, 0.2) is 67.0 Å². The van der Waals surface area contributed by atoms with Gasteiger partial charge >= 0.3 is 6.03 Å². The quantitative estimate of drug-likeness (QED) is 0.135. The number of piperidine rings is 2. The lowest BCUT2D eigenvalue weighted by Gasteiger charge is -2.53. The standard InChI is InChI=1S/C50H57F2N11O3/c51-40-10-9-32(63-33-7-8-34(63)28-60(27-33)43-23-41(56-57-46(43)53)37-3-1-2-4-44(37)64)22-42(40)59-19-14-50(52,15-20-59)30-58-17-12-49(13-18-58)24-36(25-49)62-29-39(31-5-6-31)38-21-35(26-54-47(38)62)61-16-11-45(65)55-48(61)66/h1-4,9-10,21-23,26,29,31,33-34,36,64H,5-8,11-20,24-25,27-28,30H2,(H2,53,57)(H,55,65,66). The molecular formula is C50H57F2N11O3. The van der Waals surface area contributed by atoms with Gasteiger partial charge in [0.1, 0.15) is 22.9 Å². The summed E-state index contributed by atoms with van der Waals surface area (Å²) in [5, 5.41) is 22.5. The van der Waals surface area contributed by atoms with Gasteiger partial charge in [0.25, 0.3) is 0 Å². The van der Waals surface area contributed by atoms with E-state index in [1.807, 2.05) is 35.2 Å². The minimum atomic E-state index is -1.31. The molecule has 5 saturated heterocycles. The molecule has 7 aliphatic rings. The van der Waals surface area contributed by atoms with Crippen molar-refractivity contribution >= 4 is 51.5 Å². The van der Waals surface area contributed by atoms with E-state index in [9.17, 15) is 14.7 Å². The van der Waals surface area contributed by atoms with Gasteiger partial charge in [-0.15, -0.1) is 10.2 Å². The molecule has 66 heavy (non-hydrogen) atoms. The SMILES string of the molecule is Nc1nnc(-c2ccccc2O)cc1N1CC2CCC(C1)N2c1ccc(F)c(N2CCC(F)(CN3CCC4(CC3)CC(n3cc(C5CC5)c5cc(N6CCC(=O)NC6=O)cnc53)C4)CC2)c1. The lowest BCUT2D eigenvalue weighted by Crippen LogP contribution is -2.54. The molecule has 0 radical (unpaired) electrons. The molecule has 2 aromatic carbocycles. The molecule has 3 aromatic heterocycles. The molecule has 1 spiro atoms. The highest BCUT2D eigenvalue weighted by molar-refractivity contribution is 6.06. The van der Waals surface area contributed by atoms with E-state index in [1.54, 1.807) is 29.3 Å². The number of hydrogen-bond acceptors (Lipinski definition) is 11. The van der Waals surface area contributed by atoms with Gasteiger partial charge in [-0.05, 0) is 124 Å². The minimum Gasteiger partial charge on any atom is -0.507 e. The summed E-state index contributed by atoms with van der Waals surface area (Å²) < 4.78 is 34.7. The van der Waals surface area contributed by atoms with E-state index in [1.165, 1.54) is 18.4 Å². The van der Waals surface area contributed by atoms with Crippen LogP contribution in [0.25, 0.3) is 22.3 Å². The van der Waals surface area contributed by atoms with Gasteiger partial charge in [-0.1, -0.05) is 12.1 Å². The van der Waals surface area contributed by atoms with Gasteiger partial charge in [-0.2, -0.15) is 0 Å². The number of halogens is 2. The molecule has 7 fully saturated rings. The Balaban J connectivity index is 0.656. The van der Waals surface area contributed by atoms with Gasteiger partial charge < -0.3 is 35.0 Å². The summed E-state index contributed by atoms with van der Waals surface area (Å²) in [7, 11) is 0. The fourth-order valence-corrected chi connectivity index (χ4v) is 12.4. The average Bonchev–Trinajstić information content (AvgIpc) is 4.03. The number of para-hydroxylation sites is 1. The number of nitrogens with one attached hydrogen (secondary N) is 1. The molecule has 5 aromatic rings. The zero-order chi connectivity index (χ0) is 44.9. The van der Waals surface area contributed by atoms with Gasteiger partial charge in [-0.3, -0.25) is 15.0 Å². The second kappa shape index (κ2) is 15.8. The number of rotatable bonds is 9. The number of pyridine rings is 1. The van der Waals surface area contributed by atoms with E-state index in [2.05, 4.69) is 47.0 Å². The number of fused-ring (bicyclic) bond motifs is 3. The first-order chi connectivity index (χ1) is 32.0. The van der Waals surface area contributed by atoms with Crippen LogP contribution in [-0.2, 0) is 4.79 Å². The van der Waals surface area contributed by atoms with Crippen LogP contribution in [0.1, 0.15) is 88.2 Å². The number of hydrogen-bond donors (Lipinski definition) is 3. The normalized spacial score (nSPS) is 24.3. The fraction of sp³-hybridized carbons (Fsp3) is 0.500. The van der Waals surface area contributed by atoms with Crippen LogP contribution in [0.3, 0.4) is 0 Å². The van der Waals surface area contributed by atoms with Crippen LogP contribution in [0, 0.1) is 11.2 Å². The van der Waals surface area contributed by atoms with Crippen molar-refractivity contribution in [3.8, 4) is 17.0 Å². The zero-order valence-electron chi connectivity index (χ0n) is 37.2. The second-order valence-electron chi connectivity index (χ2n) is 20.4. The number of likely N-dealkylation sites (tertiary alicyclic amines) is 1. The maximum atomic E-state index is 16.7. The largest absolute Gasteiger partial charge is 0.507 e. The van der Waals surface area contributed by atoms with Gasteiger partial charge in [0.05, 0.1) is 29.0 Å². The Morgan fingerprint density at radius 1 is 0.818 bits per heavy atom. The van der Waals surface area contributed by atoms with Gasteiger partial charge in [0, 0.05) is 99.5 Å². The number of imide groups is 1. The molecule has 2 bridgehead atoms. The third-order valence-corrected chi connectivity index (χ3v) is 16.3. The number of alkyl halides is 1. The smallest absolute Gasteiger partial charge is 0.328 e. The zero-order valence-corrected chi connectivity index (χ0v) is 37.2. The number of phenolic OH excluding ortho intramolecular Hbond substituents is 1. The molecule has 3 amide bonds. The molecule has 8 heterocycles. The number of phenols is 1. The molecule has 12 rings (SSSR count). The predicted octanol–water partition coefficient (Wildman–Crippen LogP) is 7.53. The number of urea groups is 1. The summed E-state index contributed by atoms with van der Waals surface area (Å²) in [5.74, 6) is 0.498. The Bertz CT molecular complexity index is 2710. The molecule has 344 valence electrons. The van der Waals surface area contributed by atoms with Crippen molar-refractivity contribution in [1.29, 1.82) is 0 Å². The van der Waals surface area contributed by atoms with Crippen LogP contribution in [0.4, 0.5) is 42.1 Å². The van der Waals surface area contributed by atoms with Crippen LogP contribution >= 0.6 is 0 Å². The van der Waals surface area contributed by atoms with E-state index >= 15 is 8.78 Å². The number of anilines is 5. The van der Waals surface area contributed by atoms with Crippen molar-refractivity contribution in [2.24, 2.45) is 5.41 Å². The number of amides is 3. The van der Waals surface area contributed by atoms with E-state index in [0.29, 0.717) is 73.7 Å². The number of aromatic hydroxyl groups is 1. The van der Waals surface area contributed by atoms with Crippen LogP contribution in [-0.4, -0.2) is 112 Å². The Kier molecular flexibility index (Phi) is 9.92. The molecule has 4 N–H and O–H groups in total. The Hall–Kier alpha value is -6.03. The Morgan fingerprint density at radius 3 is 2.30 bits per heavy atom. The van der Waals surface area contributed by atoms with Gasteiger partial charge in [0.2, 0.25) is 5.91 Å². The van der Waals surface area contributed by atoms with E-state index in [0.717, 1.165) is 92.8 Å². The third kappa shape index (κ3) is 7.35. The van der Waals surface area contributed by atoms with Gasteiger partial charge in [0.15, 0.2) is 5.82 Å². The Morgan fingerprint density at radius 2 is 1.58 bits per heavy atom. The number of aromatic nitrogens is 4.